The maximum absolute atomic E-state index is 11.3. The number of hydrogen-bond acceptors (Lipinski definition) is 3. The van der Waals surface area contributed by atoms with Crippen LogP contribution in [0.2, 0.25) is 0 Å². The van der Waals surface area contributed by atoms with Crippen LogP contribution in [0.4, 0.5) is 0 Å². The van der Waals surface area contributed by atoms with Crippen LogP contribution in [-0.4, -0.2) is 19.7 Å². The molecule has 0 atom stereocenters. The molecule has 68 valence electrons. The van der Waals surface area contributed by atoms with Crippen LogP contribution in [0.5, 0.6) is 0 Å². The second kappa shape index (κ2) is 6.22. The fourth-order valence-corrected chi connectivity index (χ4v) is 4.10. The van der Waals surface area contributed by atoms with E-state index in [2.05, 4.69) is 0 Å². The van der Waals surface area contributed by atoms with E-state index in [1.165, 1.54) is 0 Å². The first-order valence-corrected chi connectivity index (χ1v) is 8.52. The summed E-state index contributed by atoms with van der Waals surface area (Å²) in [6.07, 6.45) is 1.51. The first-order valence-electron chi connectivity index (χ1n) is 4.06. The number of nitrogens with two attached hydrogens (primary N) is 2. The average molecular weight is 275 g/mol. The molecular formula is C8H16N2OSn. The second-order valence-electron chi connectivity index (χ2n) is 2.55. The van der Waals surface area contributed by atoms with Crippen molar-refractivity contribution >= 4 is 19.7 Å². The normalized spacial score (nSPS) is 13.2. The molecule has 0 saturated heterocycles. The van der Waals surface area contributed by atoms with E-state index in [0.29, 0.717) is 11.4 Å². The van der Waals surface area contributed by atoms with Crippen molar-refractivity contribution in [1.82, 2.24) is 0 Å². The Bertz CT molecular complexity index is 199. The molecule has 0 spiro atoms. The molecule has 0 saturated carbocycles. The summed E-state index contributed by atoms with van der Waals surface area (Å²) in [4.78, 5) is 0. The van der Waals surface area contributed by atoms with Crippen molar-refractivity contribution in [3.63, 3.8) is 0 Å². The van der Waals surface area contributed by atoms with Crippen LogP contribution < -0.4 is 11.5 Å². The standard InChI is InChI=1S/2C4H8N.O.Sn/c2*1-3-4(2)5;;/h2*2H,3,5H2,1H3;;. The van der Waals surface area contributed by atoms with Gasteiger partial charge in [0.2, 0.25) is 0 Å². The van der Waals surface area contributed by atoms with Crippen LogP contribution in [0.15, 0.2) is 19.6 Å². The van der Waals surface area contributed by atoms with Crippen LogP contribution in [0.3, 0.4) is 0 Å². The van der Waals surface area contributed by atoms with Gasteiger partial charge in [0.15, 0.2) is 0 Å². The van der Waals surface area contributed by atoms with Gasteiger partial charge in [0.1, 0.15) is 0 Å². The van der Waals surface area contributed by atoms with E-state index in [0.717, 1.165) is 12.8 Å². The van der Waals surface area contributed by atoms with E-state index in [4.69, 9.17) is 11.5 Å². The van der Waals surface area contributed by atoms with Gasteiger partial charge in [0.05, 0.1) is 0 Å². The molecule has 4 N–H and O–H groups in total. The van der Waals surface area contributed by atoms with Crippen LogP contribution >= 0.6 is 0 Å². The molecule has 0 aliphatic carbocycles. The number of hydrogen-bond donors (Lipinski definition) is 2. The zero-order valence-electron chi connectivity index (χ0n) is 7.63. The van der Waals surface area contributed by atoms with Crippen molar-refractivity contribution in [2.24, 2.45) is 11.5 Å². The first-order chi connectivity index (χ1) is 5.60. The third kappa shape index (κ3) is 5.34. The summed E-state index contributed by atoms with van der Waals surface area (Å²) in [7, 11) is 0. The molecule has 0 aromatic carbocycles. The molecule has 0 bridgehead atoms. The van der Waals surface area contributed by atoms with Crippen LogP contribution in [0.1, 0.15) is 26.7 Å². The van der Waals surface area contributed by atoms with Gasteiger partial charge in [-0.05, 0) is 0 Å². The number of rotatable bonds is 4. The minimum atomic E-state index is -2.71. The molecule has 0 heterocycles. The van der Waals surface area contributed by atoms with E-state index in [1.54, 1.807) is 8.18 Å². The topological polar surface area (TPSA) is 69.1 Å². The van der Waals surface area contributed by atoms with Crippen LogP contribution in [-0.2, 0) is 3.08 Å². The Balaban J connectivity index is 4.24. The summed E-state index contributed by atoms with van der Waals surface area (Å²) in [6.45, 7) is 3.88. The van der Waals surface area contributed by atoms with Gasteiger partial charge in [-0.25, -0.2) is 0 Å². The molecular weight excluding hydrogens is 259 g/mol. The quantitative estimate of drug-likeness (QED) is 0.752. The SMILES string of the molecule is CCC(N)=[CH][Sn](=[O])[CH]=C(N)CC. The summed E-state index contributed by atoms with van der Waals surface area (Å²) < 4.78 is 14.7. The molecule has 0 aromatic heterocycles. The summed E-state index contributed by atoms with van der Waals surface area (Å²) in [5.41, 5.74) is 12.5. The molecule has 4 heteroatoms. The van der Waals surface area contributed by atoms with Gasteiger partial charge < -0.3 is 0 Å². The fraction of sp³-hybridized carbons (Fsp3) is 0.500. The first kappa shape index (κ1) is 11.7. The van der Waals surface area contributed by atoms with Gasteiger partial charge >= 0.3 is 80.6 Å². The fourth-order valence-electron chi connectivity index (χ4n) is 0.611. The van der Waals surface area contributed by atoms with Gasteiger partial charge in [0, 0.05) is 0 Å². The van der Waals surface area contributed by atoms with Crippen molar-refractivity contribution in [3.8, 4) is 0 Å². The Morgan fingerprint density at radius 2 is 1.50 bits per heavy atom. The molecule has 0 aliphatic heterocycles. The zero-order chi connectivity index (χ0) is 9.56. The zero-order valence-corrected chi connectivity index (χ0v) is 10.5. The molecule has 0 unspecified atom stereocenters. The Hall–Kier alpha value is -0.321. The van der Waals surface area contributed by atoms with Gasteiger partial charge in [0.25, 0.3) is 0 Å². The van der Waals surface area contributed by atoms with Crippen LogP contribution in [0.25, 0.3) is 0 Å². The van der Waals surface area contributed by atoms with Gasteiger partial charge in [-0.2, -0.15) is 0 Å². The van der Waals surface area contributed by atoms with Crippen molar-refractivity contribution in [3.05, 3.63) is 19.6 Å². The number of allylic oxidation sites excluding steroid dienone is 2. The molecule has 0 radical (unpaired) electrons. The van der Waals surface area contributed by atoms with Crippen molar-refractivity contribution < 1.29 is 3.08 Å². The average Bonchev–Trinajstić information content (AvgIpc) is 2.03. The second-order valence-corrected chi connectivity index (χ2v) is 6.49. The third-order valence-electron chi connectivity index (χ3n) is 1.47. The molecule has 12 heavy (non-hydrogen) atoms. The minimum absolute atomic E-state index is 0.708. The molecule has 0 aliphatic rings. The van der Waals surface area contributed by atoms with E-state index < -0.39 is 19.7 Å². The van der Waals surface area contributed by atoms with E-state index in [-0.39, 0.29) is 0 Å². The van der Waals surface area contributed by atoms with E-state index >= 15 is 0 Å². The third-order valence-corrected chi connectivity index (χ3v) is 5.21. The van der Waals surface area contributed by atoms with Crippen molar-refractivity contribution in [2.45, 2.75) is 26.7 Å². The summed E-state index contributed by atoms with van der Waals surface area (Å²) in [6, 6.07) is 0. The van der Waals surface area contributed by atoms with Gasteiger partial charge in [-0.15, -0.1) is 0 Å². The van der Waals surface area contributed by atoms with E-state index in [1.807, 2.05) is 13.8 Å². The maximum atomic E-state index is 11.3. The molecule has 0 rings (SSSR count). The van der Waals surface area contributed by atoms with E-state index in [9.17, 15) is 3.08 Å². The van der Waals surface area contributed by atoms with Gasteiger partial charge in [-0.1, -0.05) is 0 Å². The molecule has 0 fully saturated rings. The summed E-state index contributed by atoms with van der Waals surface area (Å²) in [5, 5.41) is 0. The van der Waals surface area contributed by atoms with Crippen molar-refractivity contribution in [1.29, 1.82) is 0 Å². The predicted octanol–water partition coefficient (Wildman–Crippen LogP) is 0.992. The monoisotopic (exact) mass is 276 g/mol. The van der Waals surface area contributed by atoms with Crippen molar-refractivity contribution in [2.75, 3.05) is 0 Å². The predicted molar refractivity (Wildman–Crippen MR) is 51.6 cm³/mol. The molecule has 0 aromatic rings. The molecule has 3 nitrogen and oxygen atoms in total. The summed E-state index contributed by atoms with van der Waals surface area (Å²) in [5.74, 6) is 0. The Morgan fingerprint density at radius 3 is 1.75 bits per heavy atom. The summed E-state index contributed by atoms with van der Waals surface area (Å²) >= 11 is -2.71. The van der Waals surface area contributed by atoms with Gasteiger partial charge in [-0.3, -0.25) is 0 Å². The molecule has 0 amide bonds. The Morgan fingerprint density at radius 1 is 1.17 bits per heavy atom. The van der Waals surface area contributed by atoms with Crippen LogP contribution in [0, 0.1) is 0 Å². The Kier molecular flexibility index (Phi) is 6.06. The Labute approximate surface area is 80.6 Å².